The Bertz CT molecular complexity index is 1080. The summed E-state index contributed by atoms with van der Waals surface area (Å²) in [5, 5.41) is 2.80. The first-order valence-electron chi connectivity index (χ1n) is 7.50. The minimum atomic E-state index is -0.682. The second-order valence-corrected chi connectivity index (χ2v) is 6.62. The summed E-state index contributed by atoms with van der Waals surface area (Å²) in [5.41, 5.74) is 0.151. The number of imidazole rings is 1. The van der Waals surface area contributed by atoms with Gasteiger partial charge in [-0.15, -0.1) is 0 Å². The van der Waals surface area contributed by atoms with E-state index in [-0.39, 0.29) is 17.1 Å². The van der Waals surface area contributed by atoms with Gasteiger partial charge in [0.2, 0.25) is 5.91 Å². The predicted molar refractivity (Wildman–Crippen MR) is 97.7 cm³/mol. The van der Waals surface area contributed by atoms with E-state index >= 15 is 0 Å². The number of hydrogen-bond donors (Lipinski definition) is 1. The monoisotopic (exact) mass is 405 g/mol. The molecule has 0 aliphatic carbocycles. The molecule has 0 spiro atoms. The number of anilines is 1. The molecule has 9 heteroatoms. The van der Waals surface area contributed by atoms with Crippen molar-refractivity contribution < 1.29 is 4.79 Å². The zero-order chi connectivity index (χ0) is 18.3. The van der Waals surface area contributed by atoms with Crippen molar-refractivity contribution in [2.45, 2.75) is 13.0 Å². The lowest BCUT2D eigenvalue weighted by Gasteiger charge is -2.15. The number of hydrogen-bond acceptors (Lipinski definition) is 4. The molecule has 1 aromatic carbocycles. The molecule has 1 amide bonds. The van der Waals surface area contributed by atoms with Crippen LogP contribution in [0.15, 0.2) is 44.7 Å². The molecule has 3 rings (SSSR count). The number of carbonyl (C=O) groups excluding carboxylic acids is 1. The molecule has 0 saturated carbocycles. The average Bonchev–Trinajstić information content (AvgIpc) is 3.04. The van der Waals surface area contributed by atoms with Crippen molar-refractivity contribution in [3.63, 3.8) is 0 Å². The number of nitrogens with one attached hydrogen (secondary N) is 1. The van der Waals surface area contributed by atoms with Gasteiger partial charge in [0.25, 0.3) is 5.56 Å². The number of fused-ring (bicyclic) bond motifs is 1. The van der Waals surface area contributed by atoms with Crippen LogP contribution in [0.5, 0.6) is 0 Å². The van der Waals surface area contributed by atoms with Gasteiger partial charge in [0.05, 0.1) is 6.33 Å². The Hall–Kier alpha value is -2.68. The molecule has 0 radical (unpaired) electrons. The highest BCUT2D eigenvalue weighted by molar-refractivity contribution is 9.10. The van der Waals surface area contributed by atoms with Gasteiger partial charge < -0.3 is 9.88 Å². The van der Waals surface area contributed by atoms with Crippen LogP contribution in [0, 0.1) is 0 Å². The Morgan fingerprint density at radius 1 is 1.16 bits per heavy atom. The van der Waals surface area contributed by atoms with E-state index in [0.717, 1.165) is 9.04 Å². The standard InChI is InChI=1S/C16H16BrN5O3/c1-9(14(23)19-11-6-4-10(17)5-7-11)22-8-18-13-12(22)15(24)21(3)16(25)20(13)2/h4-9H,1-3H3,(H,19,23). The van der Waals surface area contributed by atoms with Crippen molar-refractivity contribution in [1.29, 1.82) is 0 Å². The fourth-order valence-electron chi connectivity index (χ4n) is 2.56. The van der Waals surface area contributed by atoms with Gasteiger partial charge in [-0.2, -0.15) is 0 Å². The lowest BCUT2D eigenvalue weighted by Crippen LogP contribution is -2.38. The summed E-state index contributed by atoms with van der Waals surface area (Å²) in [6.45, 7) is 1.67. The average molecular weight is 406 g/mol. The van der Waals surface area contributed by atoms with Gasteiger partial charge in [-0.1, -0.05) is 15.9 Å². The van der Waals surface area contributed by atoms with Crippen LogP contribution in [0.1, 0.15) is 13.0 Å². The Morgan fingerprint density at radius 2 is 1.80 bits per heavy atom. The van der Waals surface area contributed by atoms with Crippen molar-refractivity contribution in [3.8, 4) is 0 Å². The van der Waals surface area contributed by atoms with Crippen LogP contribution >= 0.6 is 15.9 Å². The molecule has 8 nitrogen and oxygen atoms in total. The molecule has 0 aliphatic rings. The lowest BCUT2D eigenvalue weighted by molar-refractivity contribution is -0.118. The molecule has 1 atom stereocenters. The molecule has 0 aliphatic heterocycles. The maximum atomic E-state index is 12.5. The molecule has 0 saturated heterocycles. The number of halogens is 1. The van der Waals surface area contributed by atoms with E-state index in [9.17, 15) is 14.4 Å². The van der Waals surface area contributed by atoms with Crippen molar-refractivity contribution in [2.75, 3.05) is 5.32 Å². The van der Waals surface area contributed by atoms with Crippen molar-refractivity contribution in [3.05, 3.63) is 55.9 Å². The van der Waals surface area contributed by atoms with Crippen LogP contribution in [0.2, 0.25) is 0 Å². The Morgan fingerprint density at radius 3 is 2.44 bits per heavy atom. The minimum Gasteiger partial charge on any atom is -0.324 e. The summed E-state index contributed by atoms with van der Waals surface area (Å²) in [4.78, 5) is 41.1. The number of benzene rings is 1. The SMILES string of the molecule is CC(C(=O)Nc1ccc(Br)cc1)n1cnc2c1c(=O)n(C)c(=O)n2C. The number of nitrogens with zero attached hydrogens (tertiary/aromatic N) is 4. The first kappa shape index (κ1) is 17.2. The second kappa shape index (κ2) is 6.32. The van der Waals surface area contributed by atoms with E-state index in [4.69, 9.17) is 0 Å². The van der Waals surface area contributed by atoms with Gasteiger partial charge in [-0.05, 0) is 31.2 Å². The molecule has 130 valence electrons. The summed E-state index contributed by atoms with van der Waals surface area (Å²) in [7, 11) is 2.93. The smallest absolute Gasteiger partial charge is 0.324 e. The molecule has 1 N–H and O–H groups in total. The number of carbonyl (C=O) groups is 1. The first-order chi connectivity index (χ1) is 11.8. The number of aromatic nitrogens is 4. The molecular formula is C16H16BrN5O3. The molecule has 1 unspecified atom stereocenters. The summed E-state index contributed by atoms with van der Waals surface area (Å²) in [5.74, 6) is -0.294. The van der Waals surface area contributed by atoms with E-state index in [1.807, 2.05) is 12.1 Å². The summed E-state index contributed by atoms with van der Waals surface area (Å²) in [6, 6.07) is 6.49. The van der Waals surface area contributed by atoms with Crippen LogP contribution in [0.3, 0.4) is 0 Å². The van der Waals surface area contributed by atoms with E-state index < -0.39 is 17.3 Å². The van der Waals surface area contributed by atoms with E-state index in [0.29, 0.717) is 5.69 Å². The van der Waals surface area contributed by atoms with E-state index in [1.54, 1.807) is 19.1 Å². The highest BCUT2D eigenvalue weighted by atomic mass is 79.9. The summed E-state index contributed by atoms with van der Waals surface area (Å²) < 4.78 is 4.67. The molecule has 2 heterocycles. The Balaban J connectivity index is 2.01. The molecule has 3 aromatic rings. The molecular weight excluding hydrogens is 390 g/mol. The topological polar surface area (TPSA) is 90.9 Å². The largest absolute Gasteiger partial charge is 0.332 e. The van der Waals surface area contributed by atoms with Gasteiger partial charge >= 0.3 is 5.69 Å². The Labute approximate surface area is 150 Å². The minimum absolute atomic E-state index is 0.211. The van der Waals surface area contributed by atoms with Crippen molar-refractivity contribution >= 4 is 38.7 Å². The maximum Gasteiger partial charge on any atom is 0.332 e. The van der Waals surface area contributed by atoms with Gasteiger partial charge in [-0.25, -0.2) is 9.78 Å². The zero-order valence-electron chi connectivity index (χ0n) is 13.9. The third-order valence-corrected chi connectivity index (χ3v) is 4.61. The van der Waals surface area contributed by atoms with Gasteiger partial charge in [0.1, 0.15) is 6.04 Å². The van der Waals surface area contributed by atoms with Crippen LogP contribution in [-0.2, 0) is 18.9 Å². The van der Waals surface area contributed by atoms with Crippen LogP contribution in [-0.4, -0.2) is 24.6 Å². The second-order valence-electron chi connectivity index (χ2n) is 5.70. The quantitative estimate of drug-likeness (QED) is 0.712. The molecule has 2 aromatic heterocycles. The number of aryl methyl sites for hydroxylation is 1. The lowest BCUT2D eigenvalue weighted by atomic mass is 10.2. The zero-order valence-corrected chi connectivity index (χ0v) is 15.4. The molecule has 25 heavy (non-hydrogen) atoms. The summed E-state index contributed by atoms with van der Waals surface area (Å²) in [6.07, 6.45) is 1.40. The molecule has 0 bridgehead atoms. The normalized spacial score (nSPS) is 12.3. The number of rotatable bonds is 3. The van der Waals surface area contributed by atoms with Gasteiger partial charge in [0, 0.05) is 24.3 Å². The molecule has 0 fully saturated rings. The predicted octanol–water partition coefficient (Wildman–Crippen LogP) is 1.40. The Kier molecular flexibility index (Phi) is 4.34. The van der Waals surface area contributed by atoms with Crippen LogP contribution in [0.4, 0.5) is 5.69 Å². The van der Waals surface area contributed by atoms with Crippen molar-refractivity contribution in [1.82, 2.24) is 18.7 Å². The van der Waals surface area contributed by atoms with E-state index in [2.05, 4.69) is 26.2 Å². The van der Waals surface area contributed by atoms with Gasteiger partial charge in [0.15, 0.2) is 11.2 Å². The van der Waals surface area contributed by atoms with Gasteiger partial charge in [-0.3, -0.25) is 18.7 Å². The third-order valence-electron chi connectivity index (χ3n) is 4.08. The maximum absolute atomic E-state index is 12.5. The van der Waals surface area contributed by atoms with E-state index in [1.165, 1.54) is 29.6 Å². The first-order valence-corrected chi connectivity index (χ1v) is 8.29. The third kappa shape index (κ3) is 2.91. The fraction of sp³-hybridized carbons (Fsp3) is 0.250. The highest BCUT2D eigenvalue weighted by Crippen LogP contribution is 2.18. The van der Waals surface area contributed by atoms with Crippen molar-refractivity contribution in [2.24, 2.45) is 14.1 Å². The number of amides is 1. The fourth-order valence-corrected chi connectivity index (χ4v) is 2.83. The summed E-state index contributed by atoms with van der Waals surface area (Å²) >= 11 is 3.34. The van der Waals surface area contributed by atoms with Crippen LogP contribution < -0.4 is 16.6 Å². The van der Waals surface area contributed by atoms with Crippen LogP contribution in [0.25, 0.3) is 11.2 Å². The highest BCUT2D eigenvalue weighted by Gasteiger charge is 2.21.